The SMILES string of the molecule is Cc1cc(C(=O)CN2C(=O)N[C@@](C)(c3ccc4c(c3)OCO4)C2=O)c(C)n1-c1ccc2c(c1)OCO2. The van der Waals surface area contributed by atoms with Crippen LogP contribution in [0.4, 0.5) is 4.79 Å². The van der Waals surface area contributed by atoms with Crippen molar-refractivity contribution >= 4 is 17.7 Å². The Balaban J connectivity index is 1.26. The topological polar surface area (TPSA) is 108 Å². The van der Waals surface area contributed by atoms with Crippen LogP contribution < -0.4 is 24.3 Å². The number of ketones is 1. The number of ether oxygens (including phenoxy) is 4. The number of carbonyl (C=O) groups excluding carboxylic acids is 3. The summed E-state index contributed by atoms with van der Waals surface area (Å²) in [5, 5.41) is 2.73. The van der Waals surface area contributed by atoms with Crippen LogP contribution in [0.3, 0.4) is 0 Å². The molecule has 1 saturated heterocycles. The summed E-state index contributed by atoms with van der Waals surface area (Å²) < 4.78 is 23.5. The Morgan fingerprint density at radius 3 is 2.28 bits per heavy atom. The maximum Gasteiger partial charge on any atom is 0.325 e. The van der Waals surface area contributed by atoms with Gasteiger partial charge in [-0.2, -0.15) is 0 Å². The van der Waals surface area contributed by atoms with E-state index in [0.29, 0.717) is 39.8 Å². The molecule has 184 valence electrons. The van der Waals surface area contributed by atoms with Gasteiger partial charge in [-0.15, -0.1) is 0 Å². The highest BCUT2D eigenvalue weighted by Crippen LogP contribution is 2.38. The summed E-state index contributed by atoms with van der Waals surface area (Å²) in [6.07, 6.45) is 0. The van der Waals surface area contributed by atoms with Crippen LogP contribution in [-0.4, -0.2) is 47.3 Å². The van der Waals surface area contributed by atoms with Crippen LogP contribution in [0.1, 0.15) is 34.2 Å². The molecule has 4 heterocycles. The standard InChI is InChI=1S/C26H23N3O7/c1-14-8-18(15(2)29(14)17-5-7-21-23(10-17)36-13-34-21)19(30)11-28-24(31)26(3,27-25(28)32)16-4-6-20-22(9-16)35-12-33-20/h4-10H,11-13H2,1-3H3,(H,27,32)/t26-/m0/s1. The lowest BCUT2D eigenvalue weighted by atomic mass is 9.91. The highest BCUT2D eigenvalue weighted by molar-refractivity contribution is 6.11. The molecule has 3 aliphatic rings. The summed E-state index contributed by atoms with van der Waals surface area (Å²) in [6, 6.07) is 11.8. The van der Waals surface area contributed by atoms with Crippen molar-refractivity contribution in [3.8, 4) is 28.7 Å². The fourth-order valence-electron chi connectivity index (χ4n) is 4.94. The molecular formula is C26H23N3O7. The molecule has 1 fully saturated rings. The summed E-state index contributed by atoms with van der Waals surface area (Å²) in [7, 11) is 0. The van der Waals surface area contributed by atoms with Gasteiger partial charge >= 0.3 is 6.03 Å². The third kappa shape index (κ3) is 3.21. The lowest BCUT2D eigenvalue weighted by Gasteiger charge is -2.22. The minimum absolute atomic E-state index is 0.0983. The van der Waals surface area contributed by atoms with Crippen LogP contribution in [-0.2, 0) is 10.3 Å². The van der Waals surface area contributed by atoms with Crippen LogP contribution in [0.5, 0.6) is 23.0 Å². The second-order valence-corrected chi connectivity index (χ2v) is 9.10. The lowest BCUT2D eigenvalue weighted by Crippen LogP contribution is -2.41. The second kappa shape index (κ2) is 7.77. The Bertz CT molecular complexity index is 1460. The third-order valence-corrected chi connectivity index (χ3v) is 6.87. The first-order valence-corrected chi connectivity index (χ1v) is 11.4. The summed E-state index contributed by atoms with van der Waals surface area (Å²) >= 11 is 0. The maximum absolute atomic E-state index is 13.4. The molecule has 10 nitrogen and oxygen atoms in total. The first-order chi connectivity index (χ1) is 17.3. The molecule has 6 rings (SSSR count). The average molecular weight is 489 g/mol. The van der Waals surface area contributed by atoms with E-state index < -0.39 is 17.5 Å². The molecule has 0 aliphatic carbocycles. The van der Waals surface area contributed by atoms with Crippen molar-refractivity contribution in [2.45, 2.75) is 26.3 Å². The Morgan fingerprint density at radius 1 is 0.917 bits per heavy atom. The highest BCUT2D eigenvalue weighted by atomic mass is 16.7. The smallest absolute Gasteiger partial charge is 0.325 e. The quantitative estimate of drug-likeness (QED) is 0.433. The molecule has 0 saturated carbocycles. The first-order valence-electron chi connectivity index (χ1n) is 11.4. The van der Waals surface area contributed by atoms with Gasteiger partial charge in [-0.05, 0) is 56.7 Å². The van der Waals surface area contributed by atoms with E-state index in [-0.39, 0.29) is 25.9 Å². The van der Waals surface area contributed by atoms with E-state index in [1.807, 2.05) is 36.6 Å². The maximum atomic E-state index is 13.4. The van der Waals surface area contributed by atoms with Crippen molar-refractivity contribution in [1.29, 1.82) is 0 Å². The zero-order valence-electron chi connectivity index (χ0n) is 19.9. The summed E-state index contributed by atoms with van der Waals surface area (Å²) in [6.45, 7) is 5.22. The average Bonchev–Trinajstić information content (AvgIpc) is 3.62. The number of aryl methyl sites for hydroxylation is 1. The van der Waals surface area contributed by atoms with Crippen molar-refractivity contribution in [2.75, 3.05) is 20.1 Å². The number of hydrogen-bond acceptors (Lipinski definition) is 7. The molecular weight excluding hydrogens is 466 g/mol. The monoisotopic (exact) mass is 489 g/mol. The molecule has 1 atom stereocenters. The minimum atomic E-state index is -1.33. The summed E-state index contributed by atoms with van der Waals surface area (Å²) in [4.78, 5) is 40.5. The first kappa shape index (κ1) is 22.0. The zero-order chi connectivity index (χ0) is 25.2. The predicted octanol–water partition coefficient (Wildman–Crippen LogP) is 3.20. The molecule has 1 N–H and O–H groups in total. The molecule has 0 bridgehead atoms. The Kier molecular flexibility index (Phi) is 4.75. The number of aromatic nitrogens is 1. The molecule has 2 aromatic carbocycles. The van der Waals surface area contributed by atoms with Gasteiger partial charge in [-0.3, -0.25) is 14.5 Å². The largest absolute Gasteiger partial charge is 0.454 e. The van der Waals surface area contributed by atoms with Gasteiger partial charge in [0.2, 0.25) is 13.6 Å². The van der Waals surface area contributed by atoms with E-state index in [0.717, 1.165) is 16.3 Å². The Morgan fingerprint density at radius 2 is 1.56 bits per heavy atom. The van der Waals surface area contributed by atoms with Crippen molar-refractivity contribution < 1.29 is 33.3 Å². The zero-order valence-corrected chi connectivity index (χ0v) is 19.9. The van der Waals surface area contributed by atoms with Gasteiger partial charge in [0.25, 0.3) is 5.91 Å². The van der Waals surface area contributed by atoms with Crippen LogP contribution in [0.2, 0.25) is 0 Å². The number of imide groups is 1. The molecule has 10 heteroatoms. The van der Waals surface area contributed by atoms with Crippen molar-refractivity contribution in [2.24, 2.45) is 0 Å². The van der Waals surface area contributed by atoms with Gasteiger partial charge < -0.3 is 28.8 Å². The predicted molar refractivity (Wildman–Crippen MR) is 126 cm³/mol. The van der Waals surface area contributed by atoms with Gasteiger partial charge in [0.05, 0.1) is 6.54 Å². The Hall–Kier alpha value is -4.47. The van der Waals surface area contributed by atoms with E-state index >= 15 is 0 Å². The van der Waals surface area contributed by atoms with Gasteiger partial charge in [-0.1, -0.05) is 6.07 Å². The van der Waals surface area contributed by atoms with Crippen LogP contribution >= 0.6 is 0 Å². The lowest BCUT2D eigenvalue weighted by molar-refractivity contribution is -0.130. The van der Waals surface area contributed by atoms with Crippen LogP contribution in [0.15, 0.2) is 42.5 Å². The molecule has 3 amide bonds. The molecule has 0 unspecified atom stereocenters. The number of Topliss-reactive ketones (excluding diaryl/α,β-unsaturated/α-hetero) is 1. The molecule has 36 heavy (non-hydrogen) atoms. The van der Waals surface area contributed by atoms with E-state index in [1.54, 1.807) is 31.2 Å². The van der Waals surface area contributed by atoms with Crippen molar-refractivity contribution in [3.05, 3.63) is 65.0 Å². The van der Waals surface area contributed by atoms with Crippen LogP contribution in [0.25, 0.3) is 5.69 Å². The van der Waals surface area contributed by atoms with E-state index in [2.05, 4.69) is 5.32 Å². The summed E-state index contributed by atoms with van der Waals surface area (Å²) in [5.74, 6) is 1.53. The second-order valence-electron chi connectivity index (χ2n) is 9.10. The number of carbonyl (C=O) groups is 3. The summed E-state index contributed by atoms with van der Waals surface area (Å²) in [5.41, 5.74) is 1.99. The van der Waals surface area contributed by atoms with E-state index in [1.165, 1.54) is 0 Å². The third-order valence-electron chi connectivity index (χ3n) is 6.87. The molecule has 3 aliphatic heterocycles. The van der Waals surface area contributed by atoms with Gasteiger partial charge in [0, 0.05) is 28.7 Å². The number of hydrogen-bond donors (Lipinski definition) is 1. The van der Waals surface area contributed by atoms with Gasteiger partial charge in [-0.25, -0.2) is 4.79 Å². The van der Waals surface area contributed by atoms with Gasteiger partial charge in [0.1, 0.15) is 5.54 Å². The molecule has 0 radical (unpaired) electrons. The van der Waals surface area contributed by atoms with E-state index in [4.69, 9.17) is 18.9 Å². The van der Waals surface area contributed by atoms with Gasteiger partial charge in [0.15, 0.2) is 28.8 Å². The molecule has 0 spiro atoms. The number of rotatable bonds is 5. The number of nitrogens with zero attached hydrogens (tertiary/aromatic N) is 2. The van der Waals surface area contributed by atoms with Crippen LogP contribution in [0, 0.1) is 13.8 Å². The minimum Gasteiger partial charge on any atom is -0.454 e. The number of benzene rings is 2. The number of nitrogens with one attached hydrogen (secondary N) is 1. The fraction of sp³-hybridized carbons (Fsp3) is 0.269. The number of amides is 3. The normalized spacial score (nSPS) is 19.7. The van der Waals surface area contributed by atoms with E-state index in [9.17, 15) is 14.4 Å². The highest BCUT2D eigenvalue weighted by Gasteiger charge is 2.50. The molecule has 1 aromatic heterocycles. The van der Waals surface area contributed by atoms with Crippen molar-refractivity contribution in [1.82, 2.24) is 14.8 Å². The Labute approximate surface area is 206 Å². The van der Waals surface area contributed by atoms with Crippen molar-refractivity contribution in [3.63, 3.8) is 0 Å². The number of urea groups is 1. The number of fused-ring (bicyclic) bond motifs is 2. The molecule has 3 aromatic rings. The fourth-order valence-corrected chi connectivity index (χ4v) is 4.94.